The molecule has 4 heterocycles. The van der Waals surface area contributed by atoms with E-state index in [0.717, 1.165) is 10.9 Å². The monoisotopic (exact) mass is 354 g/mol. The Kier molecular flexibility index (Phi) is 2.29. The maximum absolute atomic E-state index is 12.7. The lowest BCUT2D eigenvalue weighted by Crippen LogP contribution is -2.79. The van der Waals surface area contributed by atoms with Crippen LogP contribution in [0.1, 0.15) is 18.4 Å². The van der Waals surface area contributed by atoms with Crippen LogP contribution in [0.15, 0.2) is 22.8 Å². The number of furan rings is 1. The van der Waals surface area contributed by atoms with Crippen molar-refractivity contribution < 1.29 is 28.3 Å². The van der Waals surface area contributed by atoms with E-state index in [2.05, 4.69) is 5.32 Å². The molecule has 0 unspecified atom stereocenters. The summed E-state index contributed by atoms with van der Waals surface area (Å²) in [5, 5.41) is 3.18. The summed E-state index contributed by atoms with van der Waals surface area (Å²) in [5.74, 6) is -0.855. The van der Waals surface area contributed by atoms with Crippen LogP contribution in [0.4, 0.5) is 4.79 Å². The molecule has 3 aliphatic heterocycles. The largest absolute Gasteiger partial charge is 0.491 e. The molecule has 1 saturated carbocycles. The van der Waals surface area contributed by atoms with E-state index in [-0.39, 0.29) is 12.5 Å². The molecule has 2 aromatic rings. The number of rotatable bonds is 0. The SMILES string of the molecule is C[C@@]12C(=O)NC(=O)N3CCOc4c5c(cc6occc46)OC(=O)[C@@H]1[C@H]5[C@H]32. The Morgan fingerprint density at radius 3 is 3.00 bits per heavy atom. The number of carbonyl (C=O) groups excluding carboxylic acids is 3. The number of benzene rings is 1. The van der Waals surface area contributed by atoms with Crippen LogP contribution in [0.25, 0.3) is 11.0 Å². The van der Waals surface area contributed by atoms with Gasteiger partial charge in [0.2, 0.25) is 5.91 Å². The minimum absolute atomic E-state index is 0.274. The van der Waals surface area contributed by atoms with E-state index in [0.29, 0.717) is 23.6 Å². The summed E-state index contributed by atoms with van der Waals surface area (Å²) in [7, 11) is 0. The van der Waals surface area contributed by atoms with Gasteiger partial charge in [0.25, 0.3) is 0 Å². The van der Waals surface area contributed by atoms with Crippen LogP contribution in [0.5, 0.6) is 11.5 Å². The lowest BCUT2D eigenvalue weighted by Gasteiger charge is -2.64. The summed E-state index contributed by atoms with van der Waals surface area (Å²) in [6.45, 7) is 2.34. The Labute approximate surface area is 147 Å². The molecule has 4 atom stereocenters. The van der Waals surface area contributed by atoms with Gasteiger partial charge in [0, 0.05) is 17.5 Å². The van der Waals surface area contributed by atoms with Crippen molar-refractivity contribution in [2.24, 2.45) is 11.3 Å². The molecule has 26 heavy (non-hydrogen) atoms. The van der Waals surface area contributed by atoms with Crippen molar-refractivity contribution in [3.05, 3.63) is 24.0 Å². The van der Waals surface area contributed by atoms with Gasteiger partial charge < -0.3 is 18.8 Å². The second kappa shape index (κ2) is 4.20. The number of urea groups is 1. The zero-order valence-corrected chi connectivity index (χ0v) is 13.8. The highest BCUT2D eigenvalue weighted by atomic mass is 16.5. The molecule has 132 valence electrons. The summed E-state index contributed by atoms with van der Waals surface area (Å²) < 4.78 is 17.0. The van der Waals surface area contributed by atoms with Crippen molar-refractivity contribution in [2.75, 3.05) is 13.2 Å². The van der Waals surface area contributed by atoms with Crippen LogP contribution < -0.4 is 14.8 Å². The van der Waals surface area contributed by atoms with Gasteiger partial charge in [0.05, 0.1) is 35.6 Å². The maximum Gasteiger partial charge on any atom is 0.324 e. The third-order valence-electron chi connectivity index (χ3n) is 6.35. The summed E-state index contributed by atoms with van der Waals surface area (Å²) in [4.78, 5) is 39.4. The van der Waals surface area contributed by atoms with Crippen LogP contribution in [0.2, 0.25) is 0 Å². The summed E-state index contributed by atoms with van der Waals surface area (Å²) in [6.07, 6.45) is 1.56. The number of amides is 3. The van der Waals surface area contributed by atoms with Crippen molar-refractivity contribution in [3.8, 4) is 11.5 Å². The van der Waals surface area contributed by atoms with E-state index in [1.165, 1.54) is 0 Å². The average molecular weight is 354 g/mol. The van der Waals surface area contributed by atoms with E-state index < -0.39 is 35.3 Å². The fourth-order valence-corrected chi connectivity index (χ4v) is 5.22. The van der Waals surface area contributed by atoms with Gasteiger partial charge in [0.1, 0.15) is 23.7 Å². The van der Waals surface area contributed by atoms with Crippen LogP contribution >= 0.6 is 0 Å². The Hall–Kier alpha value is -3.03. The summed E-state index contributed by atoms with van der Waals surface area (Å²) in [6, 6.07) is 2.66. The van der Waals surface area contributed by atoms with E-state index in [1.54, 1.807) is 24.2 Å². The van der Waals surface area contributed by atoms with E-state index in [1.807, 2.05) is 6.07 Å². The Morgan fingerprint density at radius 2 is 2.15 bits per heavy atom. The quantitative estimate of drug-likeness (QED) is 0.567. The minimum Gasteiger partial charge on any atom is -0.491 e. The van der Waals surface area contributed by atoms with E-state index in [4.69, 9.17) is 13.9 Å². The highest BCUT2D eigenvalue weighted by Crippen LogP contribution is 2.65. The molecular formula is C18H14N2O6. The van der Waals surface area contributed by atoms with Crippen molar-refractivity contribution in [1.29, 1.82) is 0 Å². The third kappa shape index (κ3) is 1.34. The molecule has 1 saturated heterocycles. The van der Waals surface area contributed by atoms with Gasteiger partial charge in [-0.2, -0.15) is 0 Å². The Balaban J connectivity index is 1.66. The standard InChI is InChI=1S/C18H14N2O6/c1-18-12-11-10-9(26-15(12)21)6-8-7(2-4-24-8)13(10)25-5-3-20(14(11)18)17(23)19-16(18)22/h2,4,6,11-12,14H,3,5H2,1H3,(H,19,22,23)/t11-,12-,14-,18+/m0/s1. The smallest absolute Gasteiger partial charge is 0.324 e. The van der Waals surface area contributed by atoms with Gasteiger partial charge in [-0.15, -0.1) is 0 Å². The zero-order valence-electron chi connectivity index (χ0n) is 13.8. The topological polar surface area (TPSA) is 98.1 Å². The zero-order chi connectivity index (χ0) is 17.8. The van der Waals surface area contributed by atoms with E-state index in [9.17, 15) is 14.4 Å². The highest BCUT2D eigenvalue weighted by molar-refractivity contribution is 6.06. The average Bonchev–Trinajstić information content (AvgIpc) is 3.03. The Morgan fingerprint density at radius 1 is 1.31 bits per heavy atom. The molecule has 8 heteroatoms. The lowest BCUT2D eigenvalue weighted by molar-refractivity contribution is -0.182. The second-order valence-electron chi connectivity index (χ2n) is 7.40. The number of nitrogens with one attached hydrogen (secondary N) is 1. The normalized spacial score (nSPS) is 34.1. The van der Waals surface area contributed by atoms with Gasteiger partial charge in [-0.05, 0) is 13.0 Å². The van der Waals surface area contributed by atoms with Gasteiger partial charge >= 0.3 is 12.0 Å². The molecule has 4 aliphatic rings. The highest BCUT2D eigenvalue weighted by Gasteiger charge is 2.74. The summed E-state index contributed by atoms with van der Waals surface area (Å²) >= 11 is 0. The predicted molar refractivity (Wildman–Crippen MR) is 85.7 cm³/mol. The Bertz CT molecular complexity index is 1040. The van der Waals surface area contributed by atoms with Crippen molar-refractivity contribution in [3.63, 3.8) is 0 Å². The van der Waals surface area contributed by atoms with E-state index >= 15 is 0 Å². The molecule has 0 radical (unpaired) electrons. The maximum atomic E-state index is 12.7. The third-order valence-corrected chi connectivity index (χ3v) is 6.35. The van der Waals surface area contributed by atoms with Gasteiger partial charge in [-0.1, -0.05) is 0 Å². The second-order valence-corrected chi connectivity index (χ2v) is 7.40. The molecule has 2 fully saturated rings. The fourth-order valence-electron chi connectivity index (χ4n) is 5.22. The number of ether oxygens (including phenoxy) is 2. The molecule has 1 N–H and O–H groups in total. The predicted octanol–water partition coefficient (Wildman–Crippen LogP) is 1.38. The molecule has 8 nitrogen and oxygen atoms in total. The van der Waals surface area contributed by atoms with Crippen LogP contribution in [0, 0.1) is 11.3 Å². The minimum atomic E-state index is -1.01. The fraction of sp³-hybridized carbons (Fsp3) is 0.389. The number of hydrogen-bond donors (Lipinski definition) is 1. The number of fused-ring (bicyclic) bond motifs is 3. The number of imide groups is 1. The van der Waals surface area contributed by atoms with Gasteiger partial charge in [-0.25, -0.2) is 4.79 Å². The lowest BCUT2D eigenvalue weighted by atomic mass is 9.46. The van der Waals surface area contributed by atoms with Crippen molar-refractivity contribution in [2.45, 2.75) is 18.9 Å². The van der Waals surface area contributed by atoms with Crippen LogP contribution in [-0.2, 0) is 9.59 Å². The van der Waals surface area contributed by atoms with Gasteiger partial charge in [-0.3, -0.25) is 14.9 Å². The number of esters is 1. The summed E-state index contributed by atoms with van der Waals surface area (Å²) in [5.41, 5.74) is 0.313. The first-order valence-electron chi connectivity index (χ1n) is 8.52. The molecule has 0 spiro atoms. The first-order chi connectivity index (χ1) is 12.5. The molecule has 3 amide bonds. The van der Waals surface area contributed by atoms with Gasteiger partial charge in [0.15, 0.2) is 0 Å². The first-order valence-corrected chi connectivity index (χ1v) is 8.52. The molecule has 1 aliphatic carbocycles. The van der Waals surface area contributed by atoms with Crippen LogP contribution in [0.3, 0.4) is 0 Å². The number of nitrogens with zero attached hydrogens (tertiary/aromatic N) is 1. The number of hydrogen-bond acceptors (Lipinski definition) is 6. The van der Waals surface area contributed by atoms with Crippen molar-refractivity contribution in [1.82, 2.24) is 10.2 Å². The molecule has 0 bridgehead atoms. The van der Waals surface area contributed by atoms with Crippen molar-refractivity contribution >= 4 is 28.9 Å². The van der Waals surface area contributed by atoms with Crippen LogP contribution in [-0.4, -0.2) is 42.0 Å². The number of carbonyl (C=O) groups is 3. The first kappa shape index (κ1) is 14.2. The molecule has 1 aromatic carbocycles. The molecular weight excluding hydrogens is 340 g/mol. The molecule has 1 aromatic heterocycles. The molecule has 6 rings (SSSR count).